The Hall–Kier alpha value is -0.580. The van der Waals surface area contributed by atoms with Crippen LogP contribution in [0, 0.1) is 0 Å². The molecule has 3 atom stereocenters. The first-order valence-corrected chi connectivity index (χ1v) is 8.99. The lowest BCUT2D eigenvalue weighted by Crippen LogP contribution is -2.36. The van der Waals surface area contributed by atoms with Crippen LogP contribution >= 0.6 is 24.1 Å². The number of allylic oxidation sites excluding steroid dienone is 3. The van der Waals surface area contributed by atoms with Crippen LogP contribution in [0.4, 0.5) is 0 Å². The Kier molecular flexibility index (Phi) is 5.87. The molecule has 112 valence electrons. The topological polar surface area (TPSA) is 64.6 Å². The van der Waals surface area contributed by atoms with Crippen molar-refractivity contribution in [1.82, 2.24) is 5.09 Å². The number of nitrogens with one attached hydrogen (secondary N) is 1. The summed E-state index contributed by atoms with van der Waals surface area (Å²) in [6.45, 7) is 1.63. The van der Waals surface area contributed by atoms with E-state index in [1.54, 1.807) is 13.0 Å². The zero-order valence-corrected chi connectivity index (χ0v) is 13.9. The summed E-state index contributed by atoms with van der Waals surface area (Å²) in [6.07, 6.45) is 9.35. The van der Waals surface area contributed by atoms with Crippen molar-refractivity contribution >= 4 is 30.1 Å². The van der Waals surface area contributed by atoms with Gasteiger partial charge in [0.15, 0.2) is 0 Å². The second-order valence-corrected chi connectivity index (χ2v) is 7.21. The van der Waals surface area contributed by atoms with Gasteiger partial charge in [0.05, 0.1) is 0 Å². The van der Waals surface area contributed by atoms with Crippen LogP contribution in [0.15, 0.2) is 24.0 Å². The molecular formula is C13H19BrNO4P. The Morgan fingerprint density at radius 1 is 1.55 bits per heavy atom. The van der Waals surface area contributed by atoms with E-state index in [4.69, 9.17) is 9.26 Å². The second kappa shape index (κ2) is 7.43. The molecule has 1 N–H and O–H groups in total. The third kappa shape index (κ3) is 4.76. The van der Waals surface area contributed by atoms with Gasteiger partial charge in [0.2, 0.25) is 0 Å². The number of halogens is 1. The maximum atomic E-state index is 11.8. The molecule has 0 bridgehead atoms. The molecule has 0 heterocycles. The first kappa shape index (κ1) is 15.8. The zero-order valence-electron chi connectivity index (χ0n) is 11.3. The highest BCUT2D eigenvalue weighted by Crippen LogP contribution is 2.28. The van der Waals surface area contributed by atoms with Gasteiger partial charge in [-0.25, -0.2) is 5.09 Å². The number of rotatable bonds is 6. The fourth-order valence-electron chi connectivity index (χ4n) is 1.78. The highest BCUT2D eigenvalue weighted by molar-refractivity contribution is 9.09. The van der Waals surface area contributed by atoms with E-state index in [0.29, 0.717) is 10.6 Å². The largest absolute Gasteiger partial charge is 0.461 e. The van der Waals surface area contributed by atoms with E-state index in [9.17, 15) is 9.36 Å². The molecule has 0 amide bonds. The van der Waals surface area contributed by atoms with Crippen LogP contribution in [0.25, 0.3) is 0 Å². The Bertz CT molecular complexity index is 448. The van der Waals surface area contributed by atoms with E-state index in [1.165, 1.54) is 0 Å². The first-order valence-electron chi connectivity index (χ1n) is 6.76. The molecule has 0 aromatic rings. The number of ether oxygens (including phenoxy) is 1. The highest BCUT2D eigenvalue weighted by atomic mass is 79.9. The van der Waals surface area contributed by atoms with Gasteiger partial charge in [-0.3, -0.25) is 9.36 Å². The number of esters is 1. The Balaban J connectivity index is 1.73. The fourth-order valence-corrected chi connectivity index (χ4v) is 3.01. The first-order chi connectivity index (χ1) is 9.54. The minimum atomic E-state index is -2.51. The normalized spacial score (nSPS) is 25.3. The lowest BCUT2D eigenvalue weighted by atomic mass is 9.96. The fraction of sp³-hybridized carbons (Fsp3) is 0.615. The lowest BCUT2D eigenvalue weighted by Gasteiger charge is -2.26. The monoisotopic (exact) mass is 363 g/mol. The molecule has 2 unspecified atom stereocenters. The Labute approximate surface area is 127 Å². The second-order valence-electron chi connectivity index (χ2n) is 4.96. The van der Waals surface area contributed by atoms with Gasteiger partial charge < -0.3 is 9.26 Å². The molecule has 2 rings (SSSR count). The molecular weight excluding hydrogens is 345 g/mol. The van der Waals surface area contributed by atoms with E-state index in [2.05, 4.69) is 21.0 Å². The van der Waals surface area contributed by atoms with E-state index >= 15 is 0 Å². The van der Waals surface area contributed by atoms with Crippen molar-refractivity contribution in [2.45, 2.75) is 49.6 Å². The molecule has 20 heavy (non-hydrogen) atoms. The van der Waals surface area contributed by atoms with Crippen LogP contribution in [-0.4, -0.2) is 22.9 Å². The van der Waals surface area contributed by atoms with Gasteiger partial charge in [0.1, 0.15) is 17.9 Å². The van der Waals surface area contributed by atoms with Gasteiger partial charge in [-0.05, 0) is 44.8 Å². The summed E-state index contributed by atoms with van der Waals surface area (Å²) >= 11 is 3.44. The van der Waals surface area contributed by atoms with Crippen LogP contribution in [-0.2, 0) is 18.6 Å². The van der Waals surface area contributed by atoms with Crippen molar-refractivity contribution in [3.05, 3.63) is 24.0 Å². The Morgan fingerprint density at radius 3 is 2.85 bits per heavy atom. The van der Waals surface area contributed by atoms with Crippen LogP contribution < -0.4 is 5.09 Å². The SMILES string of the molecule is C[C@H](N[PH](=O)OC1=CCC(Br)C=C1)C(=O)OC1CCC1. The summed E-state index contributed by atoms with van der Waals surface area (Å²) < 4.78 is 22.4. The van der Waals surface area contributed by atoms with Crippen LogP contribution in [0.3, 0.4) is 0 Å². The number of hydrogen-bond donors (Lipinski definition) is 1. The average Bonchev–Trinajstić information content (AvgIpc) is 2.36. The van der Waals surface area contributed by atoms with Crippen LogP contribution in [0.5, 0.6) is 0 Å². The molecule has 1 saturated carbocycles. The quantitative estimate of drug-likeness (QED) is 0.446. The highest BCUT2D eigenvalue weighted by Gasteiger charge is 2.25. The number of alkyl halides is 1. The van der Waals surface area contributed by atoms with Gasteiger partial charge in [-0.2, -0.15) is 0 Å². The minimum absolute atomic E-state index is 0.0369. The molecule has 0 aliphatic heterocycles. The Morgan fingerprint density at radius 2 is 2.30 bits per heavy atom. The van der Waals surface area contributed by atoms with Crippen molar-refractivity contribution in [2.75, 3.05) is 0 Å². The van der Waals surface area contributed by atoms with E-state index < -0.39 is 14.2 Å². The smallest absolute Gasteiger partial charge is 0.323 e. The van der Waals surface area contributed by atoms with E-state index in [-0.39, 0.29) is 12.1 Å². The van der Waals surface area contributed by atoms with E-state index in [0.717, 1.165) is 25.7 Å². The van der Waals surface area contributed by atoms with Crippen molar-refractivity contribution in [1.29, 1.82) is 0 Å². The summed E-state index contributed by atoms with van der Waals surface area (Å²) in [6, 6.07) is -0.626. The third-order valence-electron chi connectivity index (χ3n) is 3.25. The maximum Gasteiger partial charge on any atom is 0.323 e. The van der Waals surface area contributed by atoms with Crippen molar-refractivity contribution < 1.29 is 18.6 Å². The molecule has 2 aliphatic carbocycles. The summed E-state index contributed by atoms with van der Waals surface area (Å²) in [7, 11) is -2.51. The summed E-state index contributed by atoms with van der Waals surface area (Å²) in [4.78, 5) is 12.0. The zero-order chi connectivity index (χ0) is 14.5. The lowest BCUT2D eigenvalue weighted by molar-refractivity contribution is -0.154. The van der Waals surface area contributed by atoms with Crippen molar-refractivity contribution in [2.24, 2.45) is 0 Å². The molecule has 0 saturated heterocycles. The number of carbonyl (C=O) groups excluding carboxylic acids is 1. The molecule has 5 nitrogen and oxygen atoms in total. The minimum Gasteiger partial charge on any atom is -0.461 e. The molecule has 7 heteroatoms. The molecule has 0 aromatic carbocycles. The molecule has 1 fully saturated rings. The van der Waals surface area contributed by atoms with Crippen LogP contribution in [0.2, 0.25) is 0 Å². The summed E-state index contributed by atoms with van der Waals surface area (Å²) in [5.74, 6) is 0.196. The summed E-state index contributed by atoms with van der Waals surface area (Å²) in [5.41, 5.74) is 0. The van der Waals surface area contributed by atoms with Gasteiger partial charge in [-0.1, -0.05) is 22.0 Å². The van der Waals surface area contributed by atoms with Gasteiger partial charge in [0.25, 0.3) is 0 Å². The van der Waals surface area contributed by atoms with Gasteiger partial charge in [-0.15, -0.1) is 0 Å². The third-order valence-corrected chi connectivity index (χ3v) is 5.02. The number of hydrogen-bond acceptors (Lipinski definition) is 4. The average molecular weight is 364 g/mol. The van der Waals surface area contributed by atoms with Gasteiger partial charge in [0, 0.05) is 4.83 Å². The molecule has 0 aromatic heterocycles. The molecule has 0 spiro atoms. The standard InChI is InChI=1S/C13H19BrNO4P/c1-9(13(16)18-11-3-2-4-11)15-20(17)19-12-7-5-10(14)6-8-12/h5,7-11,20H,2-4,6H2,1H3,(H,15,17)/t9-,10?/m0/s1. The molecule has 0 radical (unpaired) electrons. The van der Waals surface area contributed by atoms with Crippen molar-refractivity contribution in [3.8, 4) is 0 Å². The van der Waals surface area contributed by atoms with Crippen molar-refractivity contribution in [3.63, 3.8) is 0 Å². The molecule has 2 aliphatic rings. The summed E-state index contributed by atoms with van der Waals surface area (Å²) in [5, 5.41) is 2.65. The van der Waals surface area contributed by atoms with E-state index in [1.807, 2.05) is 12.2 Å². The number of carbonyl (C=O) groups is 1. The maximum absolute atomic E-state index is 11.8. The van der Waals surface area contributed by atoms with Gasteiger partial charge >= 0.3 is 14.1 Å². The predicted molar refractivity (Wildman–Crippen MR) is 81.0 cm³/mol. The predicted octanol–water partition coefficient (Wildman–Crippen LogP) is 3.07. The van der Waals surface area contributed by atoms with Crippen LogP contribution in [0.1, 0.15) is 32.6 Å².